The van der Waals surface area contributed by atoms with Gasteiger partial charge in [-0.15, -0.1) is 0 Å². The quantitative estimate of drug-likeness (QED) is 0.792. The number of rotatable bonds is 6. The van der Waals surface area contributed by atoms with Crippen LogP contribution in [-0.2, 0) is 27.0 Å². The van der Waals surface area contributed by atoms with Gasteiger partial charge in [0.05, 0.1) is 12.7 Å². The summed E-state index contributed by atoms with van der Waals surface area (Å²) in [4.78, 5) is 35.3. The summed E-state index contributed by atoms with van der Waals surface area (Å²) in [6, 6.07) is 0.449. The fourth-order valence-corrected chi connectivity index (χ4v) is 1.99. The molecule has 9 heteroatoms. The summed E-state index contributed by atoms with van der Waals surface area (Å²) >= 11 is 0. The van der Waals surface area contributed by atoms with Crippen LogP contribution in [0.5, 0.6) is 0 Å². The van der Waals surface area contributed by atoms with Crippen molar-refractivity contribution < 1.29 is 27.5 Å². The predicted molar refractivity (Wildman–Crippen MR) is 79.1 cm³/mol. The third kappa shape index (κ3) is 5.10. The number of ether oxygens (including phenoxy) is 1. The Morgan fingerprint density at radius 1 is 1.33 bits per heavy atom. The van der Waals surface area contributed by atoms with E-state index in [4.69, 9.17) is 0 Å². The maximum atomic E-state index is 12.7. The Morgan fingerprint density at radius 3 is 2.46 bits per heavy atom. The smallest absolute Gasteiger partial charge is 0.417 e. The van der Waals surface area contributed by atoms with Crippen LogP contribution in [0.15, 0.2) is 23.1 Å². The number of esters is 1. The Hall–Kier alpha value is -2.32. The van der Waals surface area contributed by atoms with Crippen LogP contribution >= 0.6 is 0 Å². The van der Waals surface area contributed by atoms with Crippen LogP contribution < -0.4 is 10.9 Å². The van der Waals surface area contributed by atoms with Gasteiger partial charge in [0.25, 0.3) is 5.56 Å². The van der Waals surface area contributed by atoms with Crippen molar-refractivity contribution in [1.82, 2.24) is 9.88 Å². The van der Waals surface area contributed by atoms with E-state index in [9.17, 15) is 27.6 Å². The number of nitrogens with zero attached hydrogens (tertiary/aromatic N) is 1. The number of hydrogen-bond donors (Lipinski definition) is 1. The largest absolute Gasteiger partial charge is 0.467 e. The molecule has 134 valence electrons. The Labute approximate surface area is 136 Å². The lowest BCUT2D eigenvalue weighted by atomic mass is 9.99. The first-order valence-corrected chi connectivity index (χ1v) is 7.25. The van der Waals surface area contributed by atoms with Gasteiger partial charge in [0.15, 0.2) is 0 Å². The Balaban J connectivity index is 2.94. The zero-order valence-corrected chi connectivity index (χ0v) is 13.5. The van der Waals surface area contributed by atoms with Crippen LogP contribution in [0.1, 0.15) is 25.8 Å². The number of nitrogens with one attached hydrogen (secondary N) is 1. The van der Waals surface area contributed by atoms with E-state index in [1.54, 1.807) is 6.92 Å². The monoisotopic (exact) mass is 348 g/mol. The van der Waals surface area contributed by atoms with Gasteiger partial charge in [0, 0.05) is 12.3 Å². The summed E-state index contributed by atoms with van der Waals surface area (Å²) < 4.78 is 43.3. The Bertz CT molecular complexity index is 655. The molecule has 0 aliphatic carbocycles. The molecule has 0 aliphatic rings. The first-order valence-electron chi connectivity index (χ1n) is 7.25. The lowest BCUT2D eigenvalue weighted by Crippen LogP contribution is -2.47. The molecule has 0 aliphatic heterocycles. The van der Waals surface area contributed by atoms with Gasteiger partial charge in [0.1, 0.15) is 12.6 Å². The maximum absolute atomic E-state index is 12.7. The van der Waals surface area contributed by atoms with E-state index in [0.717, 1.165) is 6.07 Å². The van der Waals surface area contributed by atoms with Gasteiger partial charge in [0.2, 0.25) is 5.91 Å². The molecule has 1 aromatic heterocycles. The molecule has 1 amide bonds. The van der Waals surface area contributed by atoms with Crippen molar-refractivity contribution in [3.8, 4) is 0 Å². The van der Waals surface area contributed by atoms with Crippen molar-refractivity contribution in [3.63, 3.8) is 0 Å². The number of halogens is 3. The Morgan fingerprint density at radius 2 is 1.96 bits per heavy atom. The van der Waals surface area contributed by atoms with Crippen molar-refractivity contribution >= 4 is 11.9 Å². The molecule has 1 N–H and O–H groups in total. The van der Waals surface area contributed by atoms with E-state index in [1.807, 2.05) is 6.92 Å². The fraction of sp³-hybridized carbons (Fsp3) is 0.533. The summed E-state index contributed by atoms with van der Waals surface area (Å²) in [7, 11) is 1.17. The zero-order valence-electron chi connectivity index (χ0n) is 13.5. The molecule has 6 nitrogen and oxygen atoms in total. The van der Waals surface area contributed by atoms with Crippen LogP contribution in [0.2, 0.25) is 0 Å². The molecule has 24 heavy (non-hydrogen) atoms. The molecule has 1 rings (SSSR count). The maximum Gasteiger partial charge on any atom is 0.417 e. The Kier molecular flexibility index (Phi) is 6.56. The molecule has 0 saturated carbocycles. The van der Waals surface area contributed by atoms with Gasteiger partial charge in [-0.25, -0.2) is 4.79 Å². The molecule has 1 aromatic rings. The molecule has 0 saturated heterocycles. The number of alkyl halides is 3. The van der Waals surface area contributed by atoms with Gasteiger partial charge in [-0.1, -0.05) is 20.3 Å². The van der Waals surface area contributed by atoms with E-state index in [1.165, 1.54) is 7.11 Å². The average Bonchev–Trinajstić information content (AvgIpc) is 2.52. The van der Waals surface area contributed by atoms with Crippen molar-refractivity contribution in [3.05, 3.63) is 34.2 Å². The third-order valence-electron chi connectivity index (χ3n) is 3.61. The molecule has 0 spiro atoms. The van der Waals surface area contributed by atoms with Gasteiger partial charge in [-0.2, -0.15) is 13.2 Å². The predicted octanol–water partition coefficient (Wildman–Crippen LogP) is 1.57. The summed E-state index contributed by atoms with van der Waals surface area (Å²) in [6.07, 6.45) is -3.49. The molecule has 0 fully saturated rings. The average molecular weight is 348 g/mol. The van der Waals surface area contributed by atoms with Crippen LogP contribution in [0, 0.1) is 5.92 Å². The molecule has 2 atom stereocenters. The zero-order chi connectivity index (χ0) is 18.5. The van der Waals surface area contributed by atoms with Gasteiger partial charge in [-0.3, -0.25) is 9.59 Å². The summed E-state index contributed by atoms with van der Waals surface area (Å²) in [6.45, 7) is 2.90. The number of carbonyl (C=O) groups is 2. The molecule has 0 aromatic carbocycles. The normalized spacial score (nSPS) is 13.9. The van der Waals surface area contributed by atoms with E-state index < -0.39 is 41.8 Å². The number of hydrogen-bond acceptors (Lipinski definition) is 4. The topological polar surface area (TPSA) is 77.4 Å². The van der Waals surface area contributed by atoms with E-state index in [0.29, 0.717) is 23.3 Å². The molecule has 0 bridgehead atoms. The van der Waals surface area contributed by atoms with Crippen LogP contribution in [-0.4, -0.2) is 29.6 Å². The van der Waals surface area contributed by atoms with E-state index >= 15 is 0 Å². The molecule has 1 heterocycles. The highest BCUT2D eigenvalue weighted by Crippen LogP contribution is 2.27. The summed E-state index contributed by atoms with van der Waals surface area (Å²) in [5, 5.41) is 2.40. The van der Waals surface area contributed by atoms with Crippen molar-refractivity contribution in [1.29, 1.82) is 0 Å². The minimum absolute atomic E-state index is 0.236. The number of pyridine rings is 1. The lowest BCUT2D eigenvalue weighted by molar-refractivity contribution is -0.146. The van der Waals surface area contributed by atoms with E-state index in [2.05, 4.69) is 10.1 Å². The fourth-order valence-electron chi connectivity index (χ4n) is 1.99. The van der Waals surface area contributed by atoms with Crippen molar-refractivity contribution in [2.75, 3.05) is 7.11 Å². The molecule has 0 unspecified atom stereocenters. The lowest BCUT2D eigenvalue weighted by Gasteiger charge is -2.22. The number of aromatic nitrogens is 1. The van der Waals surface area contributed by atoms with Crippen molar-refractivity contribution in [2.24, 2.45) is 5.92 Å². The first kappa shape index (κ1) is 19.7. The highest BCUT2D eigenvalue weighted by atomic mass is 19.4. The highest BCUT2D eigenvalue weighted by molar-refractivity contribution is 5.84. The third-order valence-corrected chi connectivity index (χ3v) is 3.61. The number of amides is 1. The minimum atomic E-state index is -4.63. The van der Waals surface area contributed by atoms with Crippen LogP contribution in [0.4, 0.5) is 13.2 Å². The number of methoxy groups -OCH3 is 1. The SMILES string of the molecule is CC[C@@H](C)[C@H](NC(=O)Cn1cc(C(F)(F)F)ccc1=O)C(=O)OC. The second kappa shape index (κ2) is 7.98. The summed E-state index contributed by atoms with van der Waals surface area (Å²) in [5.74, 6) is -1.65. The summed E-state index contributed by atoms with van der Waals surface area (Å²) in [5.41, 5.74) is -1.79. The minimum Gasteiger partial charge on any atom is -0.467 e. The highest BCUT2D eigenvalue weighted by Gasteiger charge is 2.31. The van der Waals surface area contributed by atoms with E-state index in [-0.39, 0.29) is 5.92 Å². The number of carbonyl (C=O) groups excluding carboxylic acids is 2. The second-order valence-corrected chi connectivity index (χ2v) is 5.34. The van der Waals surface area contributed by atoms with Gasteiger partial charge < -0.3 is 14.6 Å². The molecular weight excluding hydrogens is 329 g/mol. The van der Waals surface area contributed by atoms with Crippen LogP contribution in [0.3, 0.4) is 0 Å². The van der Waals surface area contributed by atoms with Gasteiger partial charge in [-0.05, 0) is 12.0 Å². The standard InChI is InChI=1S/C15H19F3N2O4/c1-4-9(2)13(14(23)24-3)19-11(21)8-20-7-10(15(16,17)18)5-6-12(20)22/h5-7,9,13H,4,8H2,1-3H3,(H,19,21)/t9-,13+/m1/s1. The molecule has 0 radical (unpaired) electrons. The molecular formula is C15H19F3N2O4. The van der Waals surface area contributed by atoms with Crippen LogP contribution in [0.25, 0.3) is 0 Å². The first-order chi connectivity index (χ1) is 11.1. The van der Waals surface area contributed by atoms with Gasteiger partial charge >= 0.3 is 12.1 Å². The van der Waals surface area contributed by atoms with Crippen molar-refractivity contribution in [2.45, 2.75) is 39.0 Å². The second-order valence-electron chi connectivity index (χ2n) is 5.34.